The topological polar surface area (TPSA) is 82.6 Å². The SMILES string of the molecule is O=C(Nc1cc(CN2C(=O)N(c3ccc(SC(F)(F)F)cc3)C(=O)C23CC3)ccn1)C1CCCCC1. The average molecular weight is 519 g/mol. The van der Waals surface area contributed by atoms with E-state index in [1.54, 1.807) is 18.3 Å². The lowest BCUT2D eigenvalue weighted by atomic mass is 9.89. The number of pyridine rings is 1. The molecule has 1 aromatic carbocycles. The third kappa shape index (κ3) is 4.93. The zero-order valence-electron chi connectivity index (χ0n) is 19.4. The summed E-state index contributed by atoms with van der Waals surface area (Å²) < 4.78 is 37.9. The van der Waals surface area contributed by atoms with E-state index in [2.05, 4.69) is 10.3 Å². The van der Waals surface area contributed by atoms with Crippen LogP contribution in [0.5, 0.6) is 0 Å². The summed E-state index contributed by atoms with van der Waals surface area (Å²) in [6, 6.07) is 8.14. The predicted molar refractivity (Wildman–Crippen MR) is 128 cm³/mol. The zero-order valence-corrected chi connectivity index (χ0v) is 20.2. The molecular formula is C25H25F3N4O3S. The molecular weight excluding hydrogens is 493 g/mol. The zero-order chi connectivity index (χ0) is 25.5. The fraction of sp³-hybridized carbons (Fsp3) is 0.440. The van der Waals surface area contributed by atoms with Crippen LogP contribution in [0.1, 0.15) is 50.5 Å². The second-order valence-electron chi connectivity index (χ2n) is 9.46. The van der Waals surface area contributed by atoms with Crippen LogP contribution in [0.2, 0.25) is 0 Å². The third-order valence-corrected chi connectivity index (χ3v) is 7.72. The number of carbonyl (C=O) groups is 3. The Balaban J connectivity index is 1.30. The minimum Gasteiger partial charge on any atom is -0.310 e. The third-order valence-electron chi connectivity index (χ3n) is 6.98. The Morgan fingerprint density at radius 1 is 1.08 bits per heavy atom. The van der Waals surface area contributed by atoms with E-state index in [-0.39, 0.29) is 46.6 Å². The van der Waals surface area contributed by atoms with Gasteiger partial charge in [0.05, 0.1) is 5.69 Å². The van der Waals surface area contributed by atoms with Gasteiger partial charge in [0.2, 0.25) is 5.91 Å². The smallest absolute Gasteiger partial charge is 0.310 e. The van der Waals surface area contributed by atoms with E-state index in [1.165, 1.54) is 29.2 Å². The summed E-state index contributed by atoms with van der Waals surface area (Å²) in [4.78, 5) is 45.9. The number of carbonyl (C=O) groups excluding carboxylic acids is 3. The average Bonchev–Trinajstić information content (AvgIpc) is 3.62. The van der Waals surface area contributed by atoms with E-state index in [4.69, 9.17) is 0 Å². The molecule has 0 unspecified atom stereocenters. The minimum absolute atomic E-state index is 0.0220. The molecule has 4 amide bonds. The lowest BCUT2D eigenvalue weighted by Crippen LogP contribution is -2.36. The highest BCUT2D eigenvalue weighted by atomic mass is 32.2. The van der Waals surface area contributed by atoms with Crippen molar-refractivity contribution in [1.82, 2.24) is 9.88 Å². The lowest BCUT2D eigenvalue weighted by Gasteiger charge is -2.22. The Morgan fingerprint density at radius 2 is 1.78 bits per heavy atom. The lowest BCUT2D eigenvalue weighted by molar-refractivity contribution is -0.121. The molecule has 1 saturated heterocycles. The molecule has 0 radical (unpaired) electrons. The van der Waals surface area contributed by atoms with Crippen molar-refractivity contribution in [2.45, 2.75) is 67.4 Å². The number of nitrogens with one attached hydrogen (secondary N) is 1. The minimum atomic E-state index is -4.42. The Kier molecular flexibility index (Phi) is 6.44. The van der Waals surface area contributed by atoms with Gasteiger partial charge in [0, 0.05) is 23.6 Å². The number of hydrogen-bond donors (Lipinski definition) is 1. The van der Waals surface area contributed by atoms with E-state index in [0.29, 0.717) is 18.7 Å². The van der Waals surface area contributed by atoms with Gasteiger partial charge in [-0.3, -0.25) is 9.59 Å². The van der Waals surface area contributed by atoms with E-state index < -0.39 is 17.1 Å². The van der Waals surface area contributed by atoms with Crippen LogP contribution in [-0.4, -0.2) is 38.8 Å². The summed E-state index contributed by atoms with van der Waals surface area (Å²) in [6.45, 7) is 0.151. The van der Waals surface area contributed by atoms with Crippen LogP contribution in [-0.2, 0) is 16.1 Å². The van der Waals surface area contributed by atoms with Crippen molar-refractivity contribution >= 4 is 41.1 Å². The number of amides is 4. The molecule has 2 heterocycles. The highest BCUT2D eigenvalue weighted by Crippen LogP contribution is 2.50. The van der Waals surface area contributed by atoms with E-state index in [0.717, 1.165) is 42.6 Å². The van der Waals surface area contributed by atoms with Crippen molar-refractivity contribution < 1.29 is 27.6 Å². The fourth-order valence-corrected chi connectivity index (χ4v) is 5.52. The van der Waals surface area contributed by atoms with Crippen molar-refractivity contribution in [3.63, 3.8) is 0 Å². The Morgan fingerprint density at radius 3 is 2.42 bits per heavy atom. The molecule has 36 heavy (non-hydrogen) atoms. The summed E-state index contributed by atoms with van der Waals surface area (Å²) in [5.74, 6) is -0.0425. The number of thioether (sulfide) groups is 1. The van der Waals surface area contributed by atoms with Gasteiger partial charge in [-0.1, -0.05) is 19.3 Å². The maximum absolute atomic E-state index is 13.3. The number of imide groups is 1. The molecule has 1 N–H and O–H groups in total. The highest BCUT2D eigenvalue weighted by molar-refractivity contribution is 8.00. The van der Waals surface area contributed by atoms with Crippen molar-refractivity contribution in [2.75, 3.05) is 10.2 Å². The maximum Gasteiger partial charge on any atom is 0.446 e. The number of benzene rings is 1. The molecule has 11 heteroatoms. The van der Waals surface area contributed by atoms with Crippen molar-refractivity contribution in [3.8, 4) is 0 Å². The molecule has 1 aliphatic heterocycles. The number of aromatic nitrogens is 1. The highest BCUT2D eigenvalue weighted by Gasteiger charge is 2.65. The van der Waals surface area contributed by atoms with Gasteiger partial charge in [-0.15, -0.1) is 0 Å². The Bertz CT molecular complexity index is 1180. The first-order chi connectivity index (χ1) is 17.2. The molecule has 5 rings (SSSR count). The number of rotatable bonds is 6. The Hall–Kier alpha value is -3.08. The normalized spacial score (nSPS) is 19.8. The number of halogens is 3. The molecule has 2 aromatic rings. The number of urea groups is 1. The Labute approximate surface area is 210 Å². The second-order valence-corrected chi connectivity index (χ2v) is 10.6. The summed E-state index contributed by atoms with van der Waals surface area (Å²) in [7, 11) is 0. The molecule has 1 spiro atoms. The van der Waals surface area contributed by atoms with Crippen LogP contribution in [0.15, 0.2) is 47.5 Å². The number of hydrogen-bond acceptors (Lipinski definition) is 5. The standard InChI is InChI=1S/C25H25F3N4O3S/c26-25(27,28)36-19-8-6-18(7-9-19)32-22(34)24(11-12-24)31(23(32)35)15-16-10-13-29-20(14-16)30-21(33)17-4-2-1-3-5-17/h6-10,13-14,17H,1-5,11-12,15H2,(H,29,30,33). The first kappa shape index (κ1) is 24.6. The predicted octanol–water partition coefficient (Wildman–Crippen LogP) is 5.71. The van der Waals surface area contributed by atoms with Crippen LogP contribution >= 0.6 is 11.8 Å². The van der Waals surface area contributed by atoms with Crippen LogP contribution < -0.4 is 10.2 Å². The van der Waals surface area contributed by atoms with Crippen LogP contribution in [0.3, 0.4) is 0 Å². The summed E-state index contributed by atoms with van der Waals surface area (Å²) in [6.07, 6.45) is 7.56. The molecule has 1 aromatic heterocycles. The van der Waals surface area contributed by atoms with Gasteiger partial charge in [-0.05, 0) is 79.4 Å². The first-order valence-electron chi connectivity index (χ1n) is 11.9. The second kappa shape index (κ2) is 9.42. The molecule has 0 bridgehead atoms. The largest absolute Gasteiger partial charge is 0.446 e. The summed E-state index contributed by atoms with van der Waals surface area (Å²) in [5.41, 5.74) is -4.41. The molecule has 190 valence electrons. The quantitative estimate of drug-likeness (QED) is 0.391. The molecule has 2 aliphatic carbocycles. The monoisotopic (exact) mass is 518 g/mol. The molecule has 7 nitrogen and oxygen atoms in total. The number of alkyl halides is 3. The van der Waals surface area contributed by atoms with Crippen LogP contribution in [0, 0.1) is 5.92 Å². The fourth-order valence-electron chi connectivity index (χ4n) is 4.98. The van der Waals surface area contributed by atoms with E-state index in [1.807, 2.05) is 0 Å². The van der Waals surface area contributed by atoms with Crippen molar-refractivity contribution in [2.24, 2.45) is 5.92 Å². The maximum atomic E-state index is 13.3. The van der Waals surface area contributed by atoms with Gasteiger partial charge in [0.15, 0.2) is 0 Å². The molecule has 0 atom stereocenters. The van der Waals surface area contributed by atoms with Gasteiger partial charge in [-0.25, -0.2) is 14.7 Å². The number of nitrogens with zero attached hydrogens (tertiary/aromatic N) is 3. The van der Waals surface area contributed by atoms with Gasteiger partial charge in [0.1, 0.15) is 11.4 Å². The van der Waals surface area contributed by atoms with Crippen LogP contribution in [0.4, 0.5) is 29.5 Å². The van der Waals surface area contributed by atoms with Crippen LogP contribution in [0.25, 0.3) is 0 Å². The summed E-state index contributed by atoms with van der Waals surface area (Å²) >= 11 is -0.252. The molecule has 3 fully saturated rings. The van der Waals surface area contributed by atoms with Crippen molar-refractivity contribution in [1.29, 1.82) is 0 Å². The molecule has 3 aliphatic rings. The van der Waals surface area contributed by atoms with E-state index >= 15 is 0 Å². The molecule has 2 saturated carbocycles. The van der Waals surface area contributed by atoms with Gasteiger partial charge in [-0.2, -0.15) is 13.2 Å². The van der Waals surface area contributed by atoms with Gasteiger partial charge in [0.25, 0.3) is 5.91 Å². The number of anilines is 2. The van der Waals surface area contributed by atoms with Gasteiger partial charge >= 0.3 is 11.5 Å². The summed E-state index contributed by atoms with van der Waals surface area (Å²) in [5, 5.41) is 2.88. The van der Waals surface area contributed by atoms with E-state index in [9.17, 15) is 27.6 Å². The first-order valence-corrected chi connectivity index (χ1v) is 12.8. The van der Waals surface area contributed by atoms with Gasteiger partial charge < -0.3 is 10.2 Å². The van der Waals surface area contributed by atoms with Crippen molar-refractivity contribution in [3.05, 3.63) is 48.2 Å².